The van der Waals surface area contributed by atoms with Crippen LogP contribution in [0.15, 0.2) is 36.4 Å². The van der Waals surface area contributed by atoms with Gasteiger partial charge in [-0.15, -0.1) is 0 Å². The molecule has 86 valence electrons. The third-order valence-corrected chi connectivity index (χ3v) is 2.22. The van der Waals surface area contributed by atoms with Crippen LogP contribution in [0.25, 0.3) is 6.08 Å². The Morgan fingerprint density at radius 3 is 2.50 bits per heavy atom. The van der Waals surface area contributed by atoms with Crippen LogP contribution < -0.4 is 0 Å². The standard InChI is InChI=1S/C11H12O4S/c1-16(13,14)15-9-11(12)8-7-10-5-3-2-4-6-10/h2-8H,9H2,1H3/b8-7+. The summed E-state index contributed by atoms with van der Waals surface area (Å²) in [6, 6.07) is 9.22. The predicted octanol–water partition coefficient (Wildman–Crippen LogP) is 1.25. The molecule has 0 saturated carbocycles. The molecule has 16 heavy (non-hydrogen) atoms. The first kappa shape index (κ1) is 12.6. The third-order valence-electron chi connectivity index (χ3n) is 1.68. The van der Waals surface area contributed by atoms with Crippen molar-refractivity contribution in [2.45, 2.75) is 0 Å². The van der Waals surface area contributed by atoms with Crippen LogP contribution in [0.2, 0.25) is 0 Å². The SMILES string of the molecule is CS(=O)(=O)OCC(=O)/C=C/c1ccccc1. The molecule has 0 aliphatic carbocycles. The minimum atomic E-state index is -3.56. The molecule has 0 N–H and O–H groups in total. The van der Waals surface area contributed by atoms with Gasteiger partial charge < -0.3 is 0 Å². The second-order valence-corrected chi connectivity index (χ2v) is 4.82. The Morgan fingerprint density at radius 1 is 1.31 bits per heavy atom. The van der Waals surface area contributed by atoms with E-state index in [2.05, 4.69) is 4.18 Å². The second-order valence-electron chi connectivity index (χ2n) is 3.18. The lowest BCUT2D eigenvalue weighted by Gasteiger charge is -1.96. The van der Waals surface area contributed by atoms with Crippen molar-refractivity contribution in [2.24, 2.45) is 0 Å². The first-order chi connectivity index (χ1) is 7.47. The van der Waals surface area contributed by atoms with Crippen LogP contribution in [0.3, 0.4) is 0 Å². The van der Waals surface area contributed by atoms with E-state index >= 15 is 0 Å². The minimum absolute atomic E-state index is 0.394. The van der Waals surface area contributed by atoms with Crippen LogP contribution in [-0.4, -0.2) is 27.1 Å². The third kappa shape index (κ3) is 5.43. The van der Waals surface area contributed by atoms with E-state index in [4.69, 9.17) is 0 Å². The molecular weight excluding hydrogens is 228 g/mol. The zero-order valence-electron chi connectivity index (χ0n) is 8.79. The monoisotopic (exact) mass is 240 g/mol. The molecule has 0 aliphatic rings. The van der Waals surface area contributed by atoms with E-state index in [1.54, 1.807) is 6.08 Å². The van der Waals surface area contributed by atoms with Gasteiger partial charge in [0.05, 0.1) is 6.26 Å². The van der Waals surface area contributed by atoms with Gasteiger partial charge in [-0.1, -0.05) is 36.4 Å². The number of carbonyl (C=O) groups excluding carboxylic acids is 1. The lowest BCUT2D eigenvalue weighted by Crippen LogP contribution is -2.10. The van der Waals surface area contributed by atoms with Crippen molar-refractivity contribution in [2.75, 3.05) is 12.9 Å². The predicted molar refractivity (Wildman–Crippen MR) is 61.3 cm³/mol. The van der Waals surface area contributed by atoms with Gasteiger partial charge in [-0.25, -0.2) is 0 Å². The van der Waals surface area contributed by atoms with Gasteiger partial charge in [0.1, 0.15) is 6.61 Å². The van der Waals surface area contributed by atoms with E-state index in [1.165, 1.54) is 6.08 Å². The molecule has 0 amide bonds. The molecule has 0 atom stereocenters. The maximum atomic E-state index is 11.2. The number of carbonyl (C=O) groups is 1. The second kappa shape index (κ2) is 5.58. The van der Waals surface area contributed by atoms with E-state index < -0.39 is 22.5 Å². The summed E-state index contributed by atoms with van der Waals surface area (Å²) in [6.07, 6.45) is 3.80. The van der Waals surface area contributed by atoms with Crippen molar-refractivity contribution in [1.82, 2.24) is 0 Å². The molecule has 0 fully saturated rings. The average molecular weight is 240 g/mol. The smallest absolute Gasteiger partial charge is 0.264 e. The molecule has 4 nitrogen and oxygen atoms in total. The van der Waals surface area contributed by atoms with Crippen LogP contribution in [0.5, 0.6) is 0 Å². The van der Waals surface area contributed by atoms with Crippen LogP contribution >= 0.6 is 0 Å². The highest BCUT2D eigenvalue weighted by molar-refractivity contribution is 7.86. The topological polar surface area (TPSA) is 60.4 Å². The number of hydrogen-bond donors (Lipinski definition) is 0. The Labute approximate surface area is 94.7 Å². The normalized spacial score (nSPS) is 11.8. The Bertz CT molecular complexity index is 474. The van der Waals surface area contributed by atoms with Gasteiger partial charge >= 0.3 is 0 Å². The number of ketones is 1. The average Bonchev–Trinajstić information content (AvgIpc) is 2.24. The van der Waals surface area contributed by atoms with Gasteiger partial charge in [-0.3, -0.25) is 8.98 Å². The highest BCUT2D eigenvalue weighted by Crippen LogP contribution is 2.01. The summed E-state index contributed by atoms with van der Waals surface area (Å²) >= 11 is 0. The minimum Gasteiger partial charge on any atom is -0.292 e. The largest absolute Gasteiger partial charge is 0.292 e. The molecular formula is C11H12O4S. The molecule has 1 rings (SSSR count). The lowest BCUT2D eigenvalue weighted by atomic mass is 10.2. The number of benzene rings is 1. The highest BCUT2D eigenvalue weighted by atomic mass is 32.2. The van der Waals surface area contributed by atoms with E-state index in [0.29, 0.717) is 0 Å². The van der Waals surface area contributed by atoms with Gasteiger partial charge in [0.2, 0.25) is 0 Å². The summed E-state index contributed by atoms with van der Waals surface area (Å²) in [6.45, 7) is -0.456. The van der Waals surface area contributed by atoms with Gasteiger partial charge in [0.15, 0.2) is 5.78 Å². The Hall–Kier alpha value is -1.46. The molecule has 0 unspecified atom stereocenters. The summed E-state index contributed by atoms with van der Waals surface area (Å²) in [4.78, 5) is 11.2. The van der Waals surface area contributed by atoms with Gasteiger partial charge in [0, 0.05) is 0 Å². The van der Waals surface area contributed by atoms with Crippen molar-refractivity contribution in [3.63, 3.8) is 0 Å². The quantitative estimate of drug-likeness (QED) is 0.574. The van der Waals surface area contributed by atoms with E-state index in [1.807, 2.05) is 30.3 Å². The molecule has 0 heterocycles. The highest BCUT2D eigenvalue weighted by Gasteiger charge is 2.04. The van der Waals surface area contributed by atoms with Gasteiger partial charge in [-0.2, -0.15) is 8.42 Å². The van der Waals surface area contributed by atoms with E-state index in [9.17, 15) is 13.2 Å². The van der Waals surface area contributed by atoms with Crippen molar-refractivity contribution >= 4 is 22.0 Å². The van der Waals surface area contributed by atoms with Crippen LogP contribution in [-0.2, 0) is 19.1 Å². The Kier molecular flexibility index (Phi) is 4.39. The molecule has 5 heteroatoms. The first-order valence-electron chi connectivity index (χ1n) is 4.58. The van der Waals surface area contributed by atoms with E-state index in [0.717, 1.165) is 11.8 Å². The zero-order valence-corrected chi connectivity index (χ0v) is 9.61. The molecule has 1 aromatic rings. The van der Waals surface area contributed by atoms with Gasteiger partial charge in [-0.05, 0) is 11.6 Å². The van der Waals surface area contributed by atoms with Crippen LogP contribution in [0.1, 0.15) is 5.56 Å². The summed E-state index contributed by atoms with van der Waals surface area (Å²) in [7, 11) is -3.56. The molecule has 1 aromatic carbocycles. The summed E-state index contributed by atoms with van der Waals surface area (Å²) < 4.78 is 25.6. The maximum absolute atomic E-state index is 11.2. The van der Waals surface area contributed by atoms with Crippen molar-refractivity contribution < 1.29 is 17.4 Å². The van der Waals surface area contributed by atoms with Crippen LogP contribution in [0, 0.1) is 0 Å². The Morgan fingerprint density at radius 2 is 1.94 bits per heavy atom. The van der Waals surface area contributed by atoms with Crippen molar-refractivity contribution in [3.05, 3.63) is 42.0 Å². The van der Waals surface area contributed by atoms with Crippen molar-refractivity contribution in [3.8, 4) is 0 Å². The molecule has 0 aliphatic heterocycles. The van der Waals surface area contributed by atoms with E-state index in [-0.39, 0.29) is 0 Å². The summed E-state index contributed by atoms with van der Waals surface area (Å²) in [5.41, 5.74) is 0.871. The van der Waals surface area contributed by atoms with Crippen molar-refractivity contribution in [1.29, 1.82) is 0 Å². The fraction of sp³-hybridized carbons (Fsp3) is 0.182. The Balaban J connectivity index is 2.49. The lowest BCUT2D eigenvalue weighted by molar-refractivity contribution is -0.116. The molecule has 0 radical (unpaired) electrons. The first-order valence-corrected chi connectivity index (χ1v) is 6.39. The zero-order chi connectivity index (χ0) is 12.0. The molecule has 0 bridgehead atoms. The van der Waals surface area contributed by atoms with Crippen LogP contribution in [0.4, 0.5) is 0 Å². The number of rotatable bonds is 5. The number of hydrogen-bond acceptors (Lipinski definition) is 4. The molecule has 0 aromatic heterocycles. The fourth-order valence-electron chi connectivity index (χ4n) is 0.967. The summed E-state index contributed by atoms with van der Waals surface area (Å²) in [5.74, 6) is -0.394. The molecule has 0 spiro atoms. The van der Waals surface area contributed by atoms with Gasteiger partial charge in [0.25, 0.3) is 10.1 Å². The fourth-order valence-corrected chi connectivity index (χ4v) is 1.30. The molecule has 0 saturated heterocycles. The summed E-state index contributed by atoms with van der Waals surface area (Å²) in [5, 5.41) is 0. The maximum Gasteiger partial charge on any atom is 0.264 e.